The van der Waals surface area contributed by atoms with E-state index in [-0.39, 0.29) is 5.82 Å². The lowest BCUT2D eigenvalue weighted by atomic mass is 10.1. The molecular formula is C10H14FNO. The van der Waals surface area contributed by atoms with Crippen molar-refractivity contribution in [2.24, 2.45) is 0 Å². The van der Waals surface area contributed by atoms with Gasteiger partial charge in [-0.2, -0.15) is 0 Å². The highest BCUT2D eigenvalue weighted by Crippen LogP contribution is 2.21. The maximum Gasteiger partial charge on any atom is 0.165 e. The second-order valence-corrected chi connectivity index (χ2v) is 2.94. The second kappa shape index (κ2) is 4.23. The molecule has 0 aromatic heterocycles. The topological polar surface area (TPSA) is 21.3 Å². The largest absolute Gasteiger partial charge is 0.494 e. The van der Waals surface area contributed by atoms with E-state index in [9.17, 15) is 4.39 Å². The van der Waals surface area contributed by atoms with Gasteiger partial charge < -0.3 is 10.1 Å². The molecule has 0 aliphatic carbocycles. The van der Waals surface area contributed by atoms with E-state index in [2.05, 4.69) is 5.32 Å². The van der Waals surface area contributed by atoms with Crippen LogP contribution in [0.25, 0.3) is 0 Å². The van der Waals surface area contributed by atoms with Gasteiger partial charge in [0, 0.05) is 6.54 Å². The van der Waals surface area contributed by atoms with Gasteiger partial charge in [0.25, 0.3) is 0 Å². The van der Waals surface area contributed by atoms with Crippen molar-refractivity contribution in [2.45, 2.75) is 13.5 Å². The fourth-order valence-electron chi connectivity index (χ4n) is 1.23. The Hall–Kier alpha value is -1.09. The first-order chi connectivity index (χ1) is 6.19. The standard InChI is InChI=1S/C10H14FNO/c1-7-4-10(13-3)9(11)5-8(7)6-12-2/h4-5,12H,6H2,1-3H3. The summed E-state index contributed by atoms with van der Waals surface area (Å²) < 4.78 is 18.1. The van der Waals surface area contributed by atoms with Gasteiger partial charge in [-0.15, -0.1) is 0 Å². The molecule has 0 heterocycles. The molecule has 0 saturated heterocycles. The Morgan fingerprint density at radius 2 is 2.15 bits per heavy atom. The Morgan fingerprint density at radius 3 is 2.69 bits per heavy atom. The number of ether oxygens (including phenoxy) is 1. The van der Waals surface area contributed by atoms with Crippen LogP contribution in [0.5, 0.6) is 5.75 Å². The summed E-state index contributed by atoms with van der Waals surface area (Å²) in [4.78, 5) is 0. The van der Waals surface area contributed by atoms with Crippen molar-refractivity contribution in [2.75, 3.05) is 14.2 Å². The minimum atomic E-state index is -0.307. The van der Waals surface area contributed by atoms with E-state index < -0.39 is 0 Å². The molecule has 1 aromatic carbocycles. The van der Waals surface area contributed by atoms with Gasteiger partial charge in [0.2, 0.25) is 0 Å². The zero-order valence-corrected chi connectivity index (χ0v) is 8.15. The molecule has 0 aliphatic heterocycles. The molecule has 0 spiro atoms. The summed E-state index contributed by atoms with van der Waals surface area (Å²) in [5, 5.41) is 2.98. The van der Waals surface area contributed by atoms with Gasteiger partial charge in [0.15, 0.2) is 11.6 Å². The van der Waals surface area contributed by atoms with Crippen LogP contribution in [0.3, 0.4) is 0 Å². The average molecular weight is 183 g/mol. The third-order valence-electron chi connectivity index (χ3n) is 1.98. The van der Waals surface area contributed by atoms with E-state index in [0.717, 1.165) is 11.1 Å². The van der Waals surface area contributed by atoms with Gasteiger partial charge in [0.1, 0.15) is 0 Å². The number of halogens is 1. The first-order valence-electron chi connectivity index (χ1n) is 4.16. The first kappa shape index (κ1) is 9.99. The molecule has 0 amide bonds. The molecule has 1 N–H and O–H groups in total. The van der Waals surface area contributed by atoms with Gasteiger partial charge in [-0.05, 0) is 37.2 Å². The zero-order chi connectivity index (χ0) is 9.84. The number of hydrogen-bond acceptors (Lipinski definition) is 2. The quantitative estimate of drug-likeness (QED) is 0.772. The summed E-state index contributed by atoms with van der Waals surface area (Å²) in [6, 6.07) is 3.21. The Kier molecular flexibility index (Phi) is 3.25. The van der Waals surface area contributed by atoms with Crippen LogP contribution in [0.2, 0.25) is 0 Å². The lowest BCUT2D eigenvalue weighted by Gasteiger charge is -2.08. The highest BCUT2D eigenvalue weighted by molar-refractivity contribution is 5.36. The van der Waals surface area contributed by atoms with Gasteiger partial charge in [-0.3, -0.25) is 0 Å². The van der Waals surface area contributed by atoms with E-state index in [1.165, 1.54) is 13.2 Å². The number of hydrogen-bond donors (Lipinski definition) is 1. The van der Waals surface area contributed by atoms with Crippen LogP contribution in [0.15, 0.2) is 12.1 Å². The fourth-order valence-corrected chi connectivity index (χ4v) is 1.23. The predicted octanol–water partition coefficient (Wildman–Crippen LogP) is 1.86. The first-order valence-corrected chi connectivity index (χ1v) is 4.16. The maximum absolute atomic E-state index is 13.2. The van der Waals surface area contributed by atoms with Gasteiger partial charge >= 0.3 is 0 Å². The Morgan fingerprint density at radius 1 is 1.46 bits per heavy atom. The van der Waals surface area contributed by atoms with Crippen LogP contribution in [0.1, 0.15) is 11.1 Å². The molecule has 0 saturated carbocycles. The SMILES string of the molecule is CNCc1cc(F)c(OC)cc1C. The molecule has 2 nitrogen and oxygen atoms in total. The monoisotopic (exact) mass is 183 g/mol. The highest BCUT2D eigenvalue weighted by atomic mass is 19.1. The molecule has 3 heteroatoms. The van der Waals surface area contributed by atoms with E-state index in [1.807, 2.05) is 14.0 Å². The third-order valence-corrected chi connectivity index (χ3v) is 1.98. The molecule has 0 fully saturated rings. The van der Waals surface area contributed by atoms with Crippen LogP contribution >= 0.6 is 0 Å². The van der Waals surface area contributed by atoms with Gasteiger partial charge in [-0.25, -0.2) is 4.39 Å². The second-order valence-electron chi connectivity index (χ2n) is 2.94. The molecule has 0 unspecified atom stereocenters. The summed E-state index contributed by atoms with van der Waals surface area (Å²) in [7, 11) is 3.30. The Labute approximate surface area is 77.7 Å². The van der Waals surface area contributed by atoms with Gasteiger partial charge in [-0.1, -0.05) is 0 Å². The number of rotatable bonds is 3. The lowest BCUT2D eigenvalue weighted by molar-refractivity contribution is 0.385. The zero-order valence-electron chi connectivity index (χ0n) is 8.15. The summed E-state index contributed by atoms with van der Waals surface area (Å²) in [5.74, 6) is -0.00398. The van der Waals surface area contributed by atoms with E-state index in [4.69, 9.17) is 4.74 Å². The van der Waals surface area contributed by atoms with Crippen LogP contribution in [-0.4, -0.2) is 14.2 Å². The summed E-state index contributed by atoms with van der Waals surface area (Å²) in [6.45, 7) is 2.61. The number of methoxy groups -OCH3 is 1. The minimum Gasteiger partial charge on any atom is -0.494 e. The van der Waals surface area contributed by atoms with Crippen LogP contribution < -0.4 is 10.1 Å². The number of nitrogens with one attached hydrogen (secondary N) is 1. The van der Waals surface area contributed by atoms with Crippen molar-refractivity contribution in [3.05, 3.63) is 29.1 Å². The Balaban J connectivity index is 3.05. The molecule has 0 aliphatic rings. The van der Waals surface area contributed by atoms with E-state index >= 15 is 0 Å². The summed E-state index contributed by atoms with van der Waals surface area (Å²) >= 11 is 0. The lowest BCUT2D eigenvalue weighted by Crippen LogP contribution is -2.07. The molecule has 1 rings (SSSR count). The van der Waals surface area contributed by atoms with Crippen molar-refractivity contribution in [3.8, 4) is 5.75 Å². The van der Waals surface area contributed by atoms with Crippen molar-refractivity contribution < 1.29 is 9.13 Å². The molecule has 0 atom stereocenters. The summed E-state index contributed by atoms with van der Waals surface area (Å²) in [5.41, 5.74) is 1.99. The molecule has 13 heavy (non-hydrogen) atoms. The van der Waals surface area contributed by atoms with E-state index in [0.29, 0.717) is 12.3 Å². The number of aryl methyl sites for hydroxylation is 1. The molecule has 72 valence electrons. The normalized spacial score (nSPS) is 10.2. The fraction of sp³-hybridized carbons (Fsp3) is 0.400. The van der Waals surface area contributed by atoms with Crippen LogP contribution in [0, 0.1) is 12.7 Å². The molecule has 0 radical (unpaired) electrons. The number of benzene rings is 1. The van der Waals surface area contributed by atoms with Crippen molar-refractivity contribution >= 4 is 0 Å². The highest BCUT2D eigenvalue weighted by Gasteiger charge is 2.06. The maximum atomic E-state index is 13.2. The third kappa shape index (κ3) is 2.18. The smallest absolute Gasteiger partial charge is 0.165 e. The van der Waals surface area contributed by atoms with Crippen molar-refractivity contribution in [3.63, 3.8) is 0 Å². The molecular weight excluding hydrogens is 169 g/mol. The van der Waals surface area contributed by atoms with Crippen LogP contribution in [0.4, 0.5) is 4.39 Å². The average Bonchev–Trinajstić information content (AvgIpc) is 2.11. The van der Waals surface area contributed by atoms with Crippen LogP contribution in [-0.2, 0) is 6.54 Å². The molecule has 1 aromatic rings. The van der Waals surface area contributed by atoms with E-state index in [1.54, 1.807) is 6.07 Å². The minimum absolute atomic E-state index is 0.303. The molecule has 0 bridgehead atoms. The van der Waals surface area contributed by atoms with Crippen molar-refractivity contribution in [1.82, 2.24) is 5.32 Å². The van der Waals surface area contributed by atoms with Crippen molar-refractivity contribution in [1.29, 1.82) is 0 Å². The summed E-state index contributed by atoms with van der Waals surface area (Å²) in [6.07, 6.45) is 0. The Bertz CT molecular complexity index is 299. The van der Waals surface area contributed by atoms with Gasteiger partial charge in [0.05, 0.1) is 7.11 Å². The predicted molar refractivity (Wildman–Crippen MR) is 50.5 cm³/mol.